The molecule has 2 heteroatoms. The predicted molar refractivity (Wildman–Crippen MR) is 103 cm³/mol. The zero-order chi connectivity index (χ0) is 17.2. The molecule has 2 nitrogen and oxygen atoms in total. The third-order valence-corrected chi connectivity index (χ3v) is 4.62. The van der Waals surface area contributed by atoms with E-state index in [1.54, 1.807) is 6.92 Å². The Balaban J connectivity index is 1.85. The molecule has 3 aromatic carbocycles. The van der Waals surface area contributed by atoms with Crippen molar-refractivity contribution < 1.29 is 4.79 Å². The van der Waals surface area contributed by atoms with Gasteiger partial charge in [-0.25, -0.2) is 0 Å². The molecule has 0 aliphatic carbocycles. The van der Waals surface area contributed by atoms with Crippen LogP contribution >= 0.6 is 0 Å². The number of hydrogen-bond acceptors (Lipinski definition) is 1. The molecular weight excluding hydrogens is 306 g/mol. The van der Waals surface area contributed by atoms with E-state index in [1.165, 1.54) is 16.5 Å². The van der Waals surface area contributed by atoms with Gasteiger partial charge in [0.25, 0.3) is 0 Å². The Morgan fingerprint density at radius 3 is 2.24 bits per heavy atom. The summed E-state index contributed by atoms with van der Waals surface area (Å²) < 4.78 is 0. The number of rotatable bonds is 4. The lowest BCUT2D eigenvalue weighted by Crippen LogP contribution is -1.93. The van der Waals surface area contributed by atoms with Crippen LogP contribution in [0.15, 0.2) is 78.9 Å². The van der Waals surface area contributed by atoms with Crippen LogP contribution in [0.3, 0.4) is 0 Å². The number of ketones is 1. The summed E-state index contributed by atoms with van der Waals surface area (Å²) in [5.74, 6) is 0.0905. The number of aromatic nitrogens is 1. The molecule has 1 N–H and O–H groups in total. The SMILES string of the molecule is CC(=O)c1ccc(-c2[nH]c3ccccc3c2Cc2ccccc2)cc1. The van der Waals surface area contributed by atoms with Crippen LogP contribution in [0.1, 0.15) is 28.4 Å². The third kappa shape index (κ3) is 2.99. The summed E-state index contributed by atoms with van der Waals surface area (Å²) in [5, 5.41) is 1.25. The van der Waals surface area contributed by atoms with Gasteiger partial charge < -0.3 is 4.98 Å². The third-order valence-electron chi connectivity index (χ3n) is 4.62. The van der Waals surface area contributed by atoms with Gasteiger partial charge in [-0.2, -0.15) is 0 Å². The lowest BCUT2D eigenvalue weighted by molar-refractivity contribution is 0.101. The van der Waals surface area contributed by atoms with Gasteiger partial charge in [0.05, 0.1) is 5.69 Å². The van der Waals surface area contributed by atoms with Crippen molar-refractivity contribution in [2.24, 2.45) is 0 Å². The van der Waals surface area contributed by atoms with Crippen LogP contribution in [0.4, 0.5) is 0 Å². The van der Waals surface area contributed by atoms with E-state index in [0.29, 0.717) is 0 Å². The summed E-state index contributed by atoms with van der Waals surface area (Å²) in [5.41, 5.74) is 6.68. The molecule has 25 heavy (non-hydrogen) atoms. The molecule has 0 fully saturated rings. The summed E-state index contributed by atoms with van der Waals surface area (Å²) in [6.45, 7) is 1.60. The number of nitrogens with one attached hydrogen (secondary N) is 1. The lowest BCUT2D eigenvalue weighted by atomic mass is 9.98. The topological polar surface area (TPSA) is 32.9 Å². The standard InChI is InChI=1S/C23H19NO/c1-16(25)18-11-13-19(14-12-18)23-21(15-17-7-3-2-4-8-17)20-9-5-6-10-22(20)24-23/h2-14,24H,15H2,1H3. The first-order valence-corrected chi connectivity index (χ1v) is 8.47. The molecule has 0 saturated carbocycles. The molecule has 0 aliphatic rings. The van der Waals surface area contributed by atoms with Crippen molar-refractivity contribution in [1.29, 1.82) is 0 Å². The van der Waals surface area contributed by atoms with Crippen molar-refractivity contribution in [2.75, 3.05) is 0 Å². The van der Waals surface area contributed by atoms with Crippen molar-refractivity contribution in [2.45, 2.75) is 13.3 Å². The molecule has 0 amide bonds. The highest BCUT2D eigenvalue weighted by molar-refractivity contribution is 5.95. The van der Waals surface area contributed by atoms with E-state index in [1.807, 2.05) is 36.4 Å². The number of benzene rings is 3. The fourth-order valence-electron chi connectivity index (χ4n) is 3.30. The summed E-state index contributed by atoms with van der Waals surface area (Å²) in [6, 6.07) is 26.7. The van der Waals surface area contributed by atoms with Gasteiger partial charge in [0.1, 0.15) is 0 Å². The van der Waals surface area contributed by atoms with Crippen molar-refractivity contribution in [3.05, 3.63) is 95.6 Å². The number of Topliss-reactive ketones (excluding diaryl/α,β-unsaturated/α-hetero) is 1. The molecule has 4 rings (SSSR count). The van der Waals surface area contributed by atoms with Gasteiger partial charge in [0.2, 0.25) is 0 Å². The van der Waals surface area contributed by atoms with E-state index in [4.69, 9.17) is 0 Å². The Hall–Kier alpha value is -3.13. The van der Waals surface area contributed by atoms with Gasteiger partial charge in [-0.3, -0.25) is 4.79 Å². The zero-order valence-electron chi connectivity index (χ0n) is 14.1. The predicted octanol–water partition coefficient (Wildman–Crippen LogP) is 5.63. The Kier molecular flexibility index (Phi) is 3.95. The lowest BCUT2D eigenvalue weighted by Gasteiger charge is -2.07. The van der Waals surface area contributed by atoms with Gasteiger partial charge in [0, 0.05) is 22.9 Å². The van der Waals surface area contributed by atoms with E-state index in [0.717, 1.165) is 28.8 Å². The van der Waals surface area contributed by atoms with E-state index in [2.05, 4.69) is 47.4 Å². The number of carbonyl (C=O) groups excluding carboxylic acids is 1. The quantitative estimate of drug-likeness (QED) is 0.485. The summed E-state index contributed by atoms with van der Waals surface area (Å²) in [7, 11) is 0. The monoisotopic (exact) mass is 325 g/mol. The highest BCUT2D eigenvalue weighted by Gasteiger charge is 2.13. The molecule has 0 saturated heterocycles. The summed E-state index contributed by atoms with van der Waals surface area (Å²) in [6.07, 6.45) is 0.870. The normalized spacial score (nSPS) is 10.9. The zero-order valence-corrected chi connectivity index (χ0v) is 14.1. The first-order valence-electron chi connectivity index (χ1n) is 8.47. The molecular formula is C23H19NO. The van der Waals surface area contributed by atoms with Crippen LogP contribution in [-0.4, -0.2) is 10.8 Å². The van der Waals surface area contributed by atoms with Crippen molar-refractivity contribution in [1.82, 2.24) is 4.98 Å². The molecule has 1 aromatic heterocycles. The first kappa shape index (κ1) is 15.4. The van der Waals surface area contributed by atoms with Gasteiger partial charge in [0.15, 0.2) is 5.78 Å². The Bertz CT molecular complexity index is 1030. The molecule has 0 unspecified atom stereocenters. The molecule has 4 aromatic rings. The number of para-hydroxylation sites is 1. The highest BCUT2D eigenvalue weighted by Crippen LogP contribution is 2.32. The minimum absolute atomic E-state index is 0.0905. The second kappa shape index (κ2) is 6.40. The fourth-order valence-corrected chi connectivity index (χ4v) is 3.30. The van der Waals surface area contributed by atoms with E-state index in [9.17, 15) is 4.79 Å². The largest absolute Gasteiger partial charge is 0.354 e. The van der Waals surface area contributed by atoms with E-state index < -0.39 is 0 Å². The maximum atomic E-state index is 11.5. The summed E-state index contributed by atoms with van der Waals surface area (Å²) >= 11 is 0. The number of H-pyrrole nitrogens is 1. The first-order chi connectivity index (χ1) is 12.2. The van der Waals surface area contributed by atoms with Crippen LogP contribution < -0.4 is 0 Å². The van der Waals surface area contributed by atoms with E-state index >= 15 is 0 Å². The van der Waals surface area contributed by atoms with E-state index in [-0.39, 0.29) is 5.78 Å². The van der Waals surface area contributed by atoms with Crippen LogP contribution in [0, 0.1) is 0 Å². The molecule has 0 radical (unpaired) electrons. The molecule has 0 bridgehead atoms. The molecule has 122 valence electrons. The number of aromatic amines is 1. The van der Waals surface area contributed by atoms with Crippen LogP contribution in [0.25, 0.3) is 22.2 Å². The van der Waals surface area contributed by atoms with Gasteiger partial charge >= 0.3 is 0 Å². The Morgan fingerprint density at radius 2 is 1.52 bits per heavy atom. The molecule has 1 heterocycles. The second-order valence-corrected chi connectivity index (χ2v) is 6.32. The van der Waals surface area contributed by atoms with Gasteiger partial charge in [-0.05, 0) is 29.7 Å². The summed E-state index contributed by atoms with van der Waals surface area (Å²) in [4.78, 5) is 15.1. The van der Waals surface area contributed by atoms with Crippen molar-refractivity contribution >= 4 is 16.7 Å². The molecule has 0 aliphatic heterocycles. The Labute approximate surface area is 147 Å². The minimum Gasteiger partial charge on any atom is -0.354 e. The van der Waals surface area contributed by atoms with Gasteiger partial charge in [-0.1, -0.05) is 72.8 Å². The highest BCUT2D eigenvalue weighted by atomic mass is 16.1. The van der Waals surface area contributed by atoms with Crippen molar-refractivity contribution in [3.8, 4) is 11.3 Å². The van der Waals surface area contributed by atoms with Crippen LogP contribution in [-0.2, 0) is 6.42 Å². The second-order valence-electron chi connectivity index (χ2n) is 6.32. The number of fused-ring (bicyclic) bond motifs is 1. The average Bonchev–Trinajstić information content (AvgIpc) is 3.01. The fraction of sp³-hybridized carbons (Fsp3) is 0.0870. The van der Waals surface area contributed by atoms with Crippen molar-refractivity contribution in [3.63, 3.8) is 0 Å². The smallest absolute Gasteiger partial charge is 0.159 e. The average molecular weight is 325 g/mol. The molecule has 0 atom stereocenters. The van der Waals surface area contributed by atoms with Crippen LogP contribution in [0.2, 0.25) is 0 Å². The number of carbonyl (C=O) groups is 1. The van der Waals surface area contributed by atoms with Crippen LogP contribution in [0.5, 0.6) is 0 Å². The molecule has 0 spiro atoms. The Morgan fingerprint density at radius 1 is 0.840 bits per heavy atom. The minimum atomic E-state index is 0.0905. The van der Waals surface area contributed by atoms with Gasteiger partial charge in [-0.15, -0.1) is 0 Å². The maximum absolute atomic E-state index is 11.5. The number of hydrogen-bond donors (Lipinski definition) is 1. The maximum Gasteiger partial charge on any atom is 0.159 e.